The number of hydrogen-bond acceptors (Lipinski definition) is 4. The molecule has 174 valence electrons. The first-order chi connectivity index (χ1) is 16.3. The maximum Gasteiger partial charge on any atom is 0.325 e. The van der Waals surface area contributed by atoms with Crippen molar-refractivity contribution in [3.05, 3.63) is 75.9 Å². The monoisotopic (exact) mass is 497 g/mol. The van der Waals surface area contributed by atoms with E-state index in [-0.39, 0.29) is 5.02 Å². The Morgan fingerprint density at radius 2 is 1.88 bits per heavy atom. The molecule has 2 aliphatic rings. The van der Waals surface area contributed by atoms with Gasteiger partial charge < -0.3 is 10.6 Å². The van der Waals surface area contributed by atoms with Crippen LogP contribution in [-0.2, 0) is 15.1 Å². The number of imide groups is 1. The topological polar surface area (TPSA) is 96.3 Å². The molecule has 4 amide bonds. The van der Waals surface area contributed by atoms with Crippen molar-refractivity contribution in [3.8, 4) is 5.69 Å². The molecule has 2 aromatic carbocycles. The highest BCUT2D eigenvalue weighted by atomic mass is 35.5. The molecular formula is C24H21Cl2N5O3. The highest BCUT2D eigenvalue weighted by molar-refractivity contribution is 6.35. The minimum atomic E-state index is -1.41. The molecule has 1 unspecified atom stereocenters. The first-order valence-corrected chi connectivity index (χ1v) is 11.6. The maximum atomic E-state index is 13.2. The van der Waals surface area contributed by atoms with Crippen molar-refractivity contribution in [1.82, 2.24) is 20.0 Å². The molecule has 2 N–H and O–H groups in total. The third-order valence-corrected chi connectivity index (χ3v) is 6.59. The molecule has 2 heterocycles. The second-order valence-corrected chi connectivity index (χ2v) is 9.44. The van der Waals surface area contributed by atoms with Crippen molar-refractivity contribution in [2.45, 2.75) is 31.2 Å². The minimum Gasteiger partial charge on any atom is -0.319 e. The van der Waals surface area contributed by atoms with Gasteiger partial charge in [-0.25, -0.2) is 9.48 Å². The highest BCUT2D eigenvalue weighted by Gasteiger charge is 2.50. The number of rotatable bonds is 6. The Labute approximate surface area is 205 Å². The number of aromatic nitrogens is 2. The SMILES string of the molecule is CC1(c2ccc(Cl)cc2Cl)NC(=O)N(CC(=O)Nc2cc(C3CC3)nn2-c2ccccc2)C1=O. The molecule has 2 fully saturated rings. The molecule has 10 heteroatoms. The standard InChI is InChI=1S/C24H21Cl2N5O3/c1-24(17-10-9-15(25)11-18(17)26)22(33)30(23(34)28-24)13-21(32)27-20-12-19(14-7-8-14)29-31(20)16-5-3-2-4-6-16/h2-6,9-12,14H,7-8,13H2,1H3,(H,27,32)(H,28,34). The lowest BCUT2D eigenvalue weighted by atomic mass is 9.92. The van der Waals surface area contributed by atoms with Crippen LogP contribution >= 0.6 is 23.2 Å². The fourth-order valence-electron chi connectivity index (χ4n) is 4.08. The summed E-state index contributed by atoms with van der Waals surface area (Å²) in [6.07, 6.45) is 2.13. The molecule has 0 radical (unpaired) electrons. The van der Waals surface area contributed by atoms with E-state index >= 15 is 0 Å². The summed E-state index contributed by atoms with van der Waals surface area (Å²) in [4.78, 5) is 39.7. The zero-order valence-corrected chi connectivity index (χ0v) is 19.7. The zero-order chi connectivity index (χ0) is 24.0. The van der Waals surface area contributed by atoms with Crippen LogP contribution in [0.15, 0.2) is 54.6 Å². The van der Waals surface area contributed by atoms with Crippen LogP contribution in [-0.4, -0.2) is 39.1 Å². The van der Waals surface area contributed by atoms with Gasteiger partial charge in [-0.15, -0.1) is 0 Å². The van der Waals surface area contributed by atoms with Crippen LogP contribution in [0.2, 0.25) is 10.0 Å². The predicted molar refractivity (Wildman–Crippen MR) is 128 cm³/mol. The van der Waals surface area contributed by atoms with Crippen molar-refractivity contribution in [3.63, 3.8) is 0 Å². The molecule has 5 rings (SSSR count). The summed E-state index contributed by atoms with van der Waals surface area (Å²) < 4.78 is 1.66. The van der Waals surface area contributed by atoms with Crippen LogP contribution in [0, 0.1) is 0 Å². The second kappa shape index (κ2) is 8.45. The van der Waals surface area contributed by atoms with Crippen molar-refractivity contribution >= 4 is 46.9 Å². The summed E-state index contributed by atoms with van der Waals surface area (Å²) in [5, 5.41) is 10.8. The van der Waals surface area contributed by atoms with Crippen LogP contribution in [0.4, 0.5) is 10.6 Å². The van der Waals surface area contributed by atoms with Gasteiger partial charge in [0.05, 0.1) is 11.4 Å². The third-order valence-electron chi connectivity index (χ3n) is 6.04. The zero-order valence-electron chi connectivity index (χ0n) is 18.2. The van der Waals surface area contributed by atoms with Crippen molar-refractivity contribution in [1.29, 1.82) is 0 Å². The van der Waals surface area contributed by atoms with Crippen molar-refractivity contribution in [2.24, 2.45) is 0 Å². The summed E-state index contributed by atoms with van der Waals surface area (Å²) in [7, 11) is 0. The third kappa shape index (κ3) is 4.03. The minimum absolute atomic E-state index is 0.245. The largest absolute Gasteiger partial charge is 0.325 e. The maximum absolute atomic E-state index is 13.2. The summed E-state index contributed by atoms with van der Waals surface area (Å²) >= 11 is 12.2. The van der Waals surface area contributed by atoms with Gasteiger partial charge >= 0.3 is 6.03 Å². The number of carbonyl (C=O) groups excluding carboxylic acids is 3. The van der Waals surface area contributed by atoms with E-state index in [2.05, 4.69) is 15.7 Å². The lowest BCUT2D eigenvalue weighted by Crippen LogP contribution is -2.42. The number of hydrogen-bond donors (Lipinski definition) is 2. The van der Waals surface area contributed by atoms with E-state index in [1.54, 1.807) is 23.7 Å². The van der Waals surface area contributed by atoms with Crippen molar-refractivity contribution in [2.75, 3.05) is 11.9 Å². The average Bonchev–Trinajstić information content (AvgIpc) is 3.53. The van der Waals surface area contributed by atoms with Crippen LogP contribution < -0.4 is 10.6 Å². The van der Waals surface area contributed by atoms with E-state index in [4.69, 9.17) is 23.2 Å². The van der Waals surface area contributed by atoms with Gasteiger partial charge in [0.15, 0.2) is 0 Å². The molecule has 1 atom stereocenters. The van der Waals surface area contributed by atoms with E-state index in [0.29, 0.717) is 22.3 Å². The van der Waals surface area contributed by atoms with Gasteiger partial charge in [-0.3, -0.25) is 14.5 Å². The summed E-state index contributed by atoms with van der Waals surface area (Å²) in [6, 6.07) is 15.3. The van der Waals surface area contributed by atoms with E-state index < -0.39 is 29.9 Å². The molecule has 0 bridgehead atoms. The number of halogens is 2. The smallest absolute Gasteiger partial charge is 0.319 e. The van der Waals surface area contributed by atoms with Gasteiger partial charge in [0.25, 0.3) is 5.91 Å². The normalized spacial score (nSPS) is 19.9. The Morgan fingerprint density at radius 3 is 2.56 bits per heavy atom. The first-order valence-electron chi connectivity index (χ1n) is 10.8. The van der Waals surface area contributed by atoms with Gasteiger partial charge in [-0.05, 0) is 44.0 Å². The molecular weight excluding hydrogens is 477 g/mol. The number of urea groups is 1. The number of nitrogens with zero attached hydrogens (tertiary/aromatic N) is 3. The number of nitrogens with one attached hydrogen (secondary N) is 2. The van der Waals surface area contributed by atoms with Crippen molar-refractivity contribution < 1.29 is 14.4 Å². The van der Waals surface area contributed by atoms with E-state index in [1.807, 2.05) is 36.4 Å². The lowest BCUT2D eigenvalue weighted by Gasteiger charge is -2.23. The molecule has 1 saturated carbocycles. The van der Waals surface area contributed by atoms with E-state index in [1.165, 1.54) is 6.07 Å². The number of amides is 4. The Kier molecular flexibility index (Phi) is 5.58. The molecule has 1 aliphatic heterocycles. The molecule has 3 aromatic rings. The average molecular weight is 498 g/mol. The number of benzene rings is 2. The Bertz CT molecular complexity index is 1310. The Morgan fingerprint density at radius 1 is 1.15 bits per heavy atom. The van der Waals surface area contributed by atoms with Gasteiger partial charge in [0.2, 0.25) is 5.91 Å². The molecule has 8 nitrogen and oxygen atoms in total. The summed E-state index contributed by atoms with van der Waals surface area (Å²) in [5.41, 5.74) is 0.684. The van der Waals surface area contributed by atoms with Gasteiger partial charge in [-0.1, -0.05) is 47.5 Å². The van der Waals surface area contributed by atoms with Gasteiger partial charge in [-0.2, -0.15) is 5.10 Å². The predicted octanol–water partition coefficient (Wildman–Crippen LogP) is 4.46. The Hall–Kier alpha value is -3.36. The molecule has 34 heavy (non-hydrogen) atoms. The second-order valence-electron chi connectivity index (χ2n) is 8.59. The van der Waals surface area contributed by atoms with Gasteiger partial charge in [0.1, 0.15) is 17.9 Å². The van der Waals surface area contributed by atoms with Crippen LogP contribution in [0.25, 0.3) is 5.69 Å². The van der Waals surface area contributed by atoms with E-state index in [9.17, 15) is 14.4 Å². The summed E-state index contributed by atoms with van der Waals surface area (Å²) in [6.45, 7) is 1.09. The van der Waals surface area contributed by atoms with Crippen LogP contribution in [0.1, 0.15) is 36.9 Å². The highest BCUT2D eigenvalue weighted by Crippen LogP contribution is 2.40. The summed E-state index contributed by atoms with van der Waals surface area (Å²) in [5.74, 6) is -0.230. The lowest BCUT2D eigenvalue weighted by molar-refractivity contribution is -0.133. The fourth-order valence-corrected chi connectivity index (χ4v) is 4.67. The van der Waals surface area contributed by atoms with E-state index in [0.717, 1.165) is 29.1 Å². The number of carbonyl (C=O) groups is 3. The first kappa shape index (κ1) is 22.4. The fraction of sp³-hybridized carbons (Fsp3) is 0.250. The Balaban J connectivity index is 1.36. The molecule has 0 spiro atoms. The van der Waals surface area contributed by atoms with Crippen LogP contribution in [0.5, 0.6) is 0 Å². The van der Waals surface area contributed by atoms with Gasteiger partial charge in [0, 0.05) is 27.6 Å². The molecule has 1 saturated heterocycles. The number of para-hydroxylation sites is 1. The number of anilines is 1. The molecule has 1 aromatic heterocycles. The quantitative estimate of drug-likeness (QED) is 0.491. The molecule has 1 aliphatic carbocycles. The van der Waals surface area contributed by atoms with Crippen LogP contribution in [0.3, 0.4) is 0 Å².